The van der Waals surface area contributed by atoms with E-state index >= 15 is 0 Å². The van der Waals surface area contributed by atoms with Gasteiger partial charge in [-0.25, -0.2) is 4.68 Å². The largest absolute Gasteiger partial charge is 0.493 e. The first-order valence-corrected chi connectivity index (χ1v) is 9.06. The summed E-state index contributed by atoms with van der Waals surface area (Å²) < 4.78 is 12.0. The molecule has 0 spiro atoms. The molecule has 1 aliphatic rings. The Morgan fingerprint density at radius 2 is 1.90 bits per heavy atom. The lowest BCUT2D eigenvalue weighted by Crippen LogP contribution is -2.35. The van der Waals surface area contributed by atoms with E-state index < -0.39 is 6.04 Å². The molecule has 2 amide bonds. The highest BCUT2D eigenvalue weighted by molar-refractivity contribution is 6.03. The Morgan fingerprint density at radius 3 is 2.62 bits per heavy atom. The van der Waals surface area contributed by atoms with Crippen molar-refractivity contribution in [2.45, 2.75) is 12.5 Å². The molecule has 148 valence electrons. The van der Waals surface area contributed by atoms with Crippen LogP contribution in [0.5, 0.6) is 11.5 Å². The van der Waals surface area contributed by atoms with Gasteiger partial charge in [-0.05, 0) is 17.7 Å². The molecule has 0 aliphatic carbocycles. The van der Waals surface area contributed by atoms with Crippen LogP contribution in [0.3, 0.4) is 0 Å². The smallest absolute Gasteiger partial charge is 0.249 e. The van der Waals surface area contributed by atoms with Crippen LogP contribution >= 0.6 is 0 Å². The van der Waals surface area contributed by atoms with Gasteiger partial charge in [0.25, 0.3) is 0 Å². The maximum absolute atomic E-state index is 13.0. The number of anilines is 2. The van der Waals surface area contributed by atoms with Crippen LogP contribution in [-0.4, -0.2) is 35.8 Å². The first kappa shape index (κ1) is 18.5. The lowest BCUT2D eigenvalue weighted by molar-refractivity contribution is -0.125. The minimum Gasteiger partial charge on any atom is -0.493 e. The van der Waals surface area contributed by atoms with Gasteiger partial charge >= 0.3 is 0 Å². The number of benzene rings is 2. The number of hydrogen-bond acceptors (Lipinski definition) is 5. The van der Waals surface area contributed by atoms with Gasteiger partial charge in [-0.15, -0.1) is 0 Å². The van der Waals surface area contributed by atoms with Gasteiger partial charge in [0.2, 0.25) is 11.8 Å². The molecule has 0 saturated carbocycles. The molecule has 0 bridgehead atoms. The van der Waals surface area contributed by atoms with Crippen molar-refractivity contribution in [3.8, 4) is 22.6 Å². The molecule has 2 N–H and O–H groups in total. The molecule has 0 saturated heterocycles. The summed E-state index contributed by atoms with van der Waals surface area (Å²) in [5.74, 6) is 1.00. The van der Waals surface area contributed by atoms with Gasteiger partial charge in [-0.3, -0.25) is 9.59 Å². The predicted octanol–water partition coefficient (Wildman–Crippen LogP) is 3.09. The van der Waals surface area contributed by atoms with Crippen LogP contribution in [0.2, 0.25) is 0 Å². The van der Waals surface area contributed by atoms with Gasteiger partial charge in [0.15, 0.2) is 11.5 Å². The summed E-state index contributed by atoms with van der Waals surface area (Å²) in [7, 11) is 3.07. The van der Waals surface area contributed by atoms with E-state index in [1.54, 1.807) is 36.2 Å². The number of carbonyl (C=O) groups is 2. The minimum atomic E-state index is -0.760. The number of aromatic nitrogens is 2. The number of nitrogens with zero attached hydrogens (tertiary/aromatic N) is 2. The van der Waals surface area contributed by atoms with Crippen LogP contribution in [0, 0.1) is 0 Å². The summed E-state index contributed by atoms with van der Waals surface area (Å²) in [6, 6.07) is 13.9. The van der Waals surface area contributed by atoms with Crippen molar-refractivity contribution >= 4 is 23.3 Å². The third-order valence-electron chi connectivity index (χ3n) is 4.77. The predicted molar refractivity (Wildman–Crippen MR) is 108 cm³/mol. The second-order valence-electron chi connectivity index (χ2n) is 6.54. The van der Waals surface area contributed by atoms with Gasteiger partial charge in [0.05, 0.1) is 26.8 Å². The summed E-state index contributed by atoms with van der Waals surface area (Å²) in [5.41, 5.74) is 2.22. The summed E-state index contributed by atoms with van der Waals surface area (Å²) in [4.78, 5) is 25.2. The Balaban J connectivity index is 1.63. The molecule has 8 heteroatoms. The second-order valence-corrected chi connectivity index (χ2v) is 6.54. The fraction of sp³-hybridized carbons (Fsp3) is 0.190. The number of amides is 2. The lowest BCUT2D eigenvalue weighted by Gasteiger charge is -2.24. The number of nitrogens with one attached hydrogen (secondary N) is 2. The van der Waals surface area contributed by atoms with Crippen LogP contribution in [0.15, 0.2) is 54.7 Å². The molecule has 4 rings (SSSR count). The third-order valence-corrected chi connectivity index (χ3v) is 4.77. The van der Waals surface area contributed by atoms with E-state index in [1.165, 1.54) is 7.11 Å². The number of rotatable bonds is 5. The van der Waals surface area contributed by atoms with E-state index in [2.05, 4.69) is 15.7 Å². The number of hydrogen-bond donors (Lipinski definition) is 2. The maximum atomic E-state index is 13.0. The van der Waals surface area contributed by atoms with Crippen molar-refractivity contribution in [3.05, 3.63) is 54.7 Å². The average Bonchev–Trinajstić information content (AvgIpc) is 3.17. The number of carbonyl (C=O) groups excluding carboxylic acids is 2. The van der Waals surface area contributed by atoms with Crippen LogP contribution in [0.1, 0.15) is 12.5 Å². The molecule has 2 heterocycles. The molecule has 29 heavy (non-hydrogen) atoms. The number of methoxy groups -OCH3 is 2. The van der Waals surface area contributed by atoms with Crippen molar-refractivity contribution in [1.82, 2.24) is 9.78 Å². The molecule has 0 unspecified atom stereocenters. The monoisotopic (exact) mass is 392 g/mol. The topological polar surface area (TPSA) is 94.5 Å². The molecule has 1 aliphatic heterocycles. The van der Waals surface area contributed by atoms with E-state index in [4.69, 9.17) is 9.47 Å². The maximum Gasteiger partial charge on any atom is 0.249 e. The second kappa shape index (κ2) is 7.67. The van der Waals surface area contributed by atoms with Crippen LogP contribution in [-0.2, 0) is 9.59 Å². The Kier molecular flexibility index (Phi) is 4.90. The molecule has 1 aromatic heterocycles. The fourth-order valence-corrected chi connectivity index (χ4v) is 3.34. The zero-order chi connectivity index (χ0) is 20.4. The highest BCUT2D eigenvalue weighted by Gasteiger charge is 2.33. The summed E-state index contributed by atoms with van der Waals surface area (Å²) in [6.45, 7) is 0. The normalized spacial score (nSPS) is 15.2. The first-order valence-electron chi connectivity index (χ1n) is 9.06. The molecule has 0 fully saturated rings. The molecule has 0 radical (unpaired) electrons. The quantitative estimate of drug-likeness (QED) is 0.696. The number of ether oxygens (including phenoxy) is 2. The Bertz CT molecular complexity index is 1060. The van der Waals surface area contributed by atoms with E-state index in [0.29, 0.717) is 23.0 Å². The molecule has 3 aromatic rings. The van der Waals surface area contributed by atoms with Crippen molar-refractivity contribution in [1.29, 1.82) is 0 Å². The SMILES string of the molecule is COc1ccc(NC(=O)[C@@H]2CC(=O)Nc3c(-c4ccccc4)cnn32)cc1OC. The zero-order valence-corrected chi connectivity index (χ0v) is 16.0. The molecular formula is C21H20N4O4. The van der Waals surface area contributed by atoms with Gasteiger partial charge in [-0.2, -0.15) is 5.10 Å². The van der Waals surface area contributed by atoms with E-state index in [1.807, 2.05) is 30.3 Å². The summed E-state index contributed by atoms with van der Waals surface area (Å²) in [5, 5.41) is 10.0. The van der Waals surface area contributed by atoms with Crippen molar-refractivity contribution in [3.63, 3.8) is 0 Å². The van der Waals surface area contributed by atoms with Gasteiger partial charge < -0.3 is 20.1 Å². The Labute approximate surface area is 167 Å². The highest BCUT2D eigenvalue weighted by Crippen LogP contribution is 2.35. The molecule has 1 atom stereocenters. The van der Waals surface area contributed by atoms with Gasteiger partial charge in [0, 0.05) is 17.3 Å². The fourth-order valence-electron chi connectivity index (χ4n) is 3.34. The highest BCUT2D eigenvalue weighted by atomic mass is 16.5. The van der Waals surface area contributed by atoms with Crippen LogP contribution in [0.25, 0.3) is 11.1 Å². The van der Waals surface area contributed by atoms with Gasteiger partial charge in [0.1, 0.15) is 11.9 Å². The first-order chi connectivity index (χ1) is 14.1. The zero-order valence-electron chi connectivity index (χ0n) is 16.0. The standard InChI is InChI=1S/C21H20N4O4/c1-28-17-9-8-14(10-18(17)29-2)23-21(27)16-11-19(26)24-20-15(12-22-25(16)20)13-6-4-3-5-7-13/h3-10,12,16H,11H2,1-2H3,(H,23,27)(H,24,26)/t16-/m0/s1. The molecule has 2 aromatic carbocycles. The van der Waals surface area contributed by atoms with E-state index in [9.17, 15) is 9.59 Å². The molecular weight excluding hydrogens is 372 g/mol. The molecule has 8 nitrogen and oxygen atoms in total. The van der Waals surface area contributed by atoms with Crippen LogP contribution in [0.4, 0.5) is 11.5 Å². The van der Waals surface area contributed by atoms with Crippen molar-refractivity contribution in [2.75, 3.05) is 24.9 Å². The Morgan fingerprint density at radius 1 is 1.14 bits per heavy atom. The minimum absolute atomic E-state index is 0.00202. The van der Waals surface area contributed by atoms with E-state index in [0.717, 1.165) is 11.1 Å². The third kappa shape index (κ3) is 3.52. The summed E-state index contributed by atoms with van der Waals surface area (Å²) >= 11 is 0. The summed E-state index contributed by atoms with van der Waals surface area (Å²) in [6.07, 6.45) is 1.66. The number of fused-ring (bicyclic) bond motifs is 1. The van der Waals surface area contributed by atoms with Crippen molar-refractivity contribution in [2.24, 2.45) is 0 Å². The van der Waals surface area contributed by atoms with Crippen LogP contribution < -0.4 is 20.1 Å². The van der Waals surface area contributed by atoms with Crippen molar-refractivity contribution < 1.29 is 19.1 Å². The lowest BCUT2D eigenvalue weighted by atomic mass is 10.1. The van der Waals surface area contributed by atoms with E-state index in [-0.39, 0.29) is 18.2 Å². The van der Waals surface area contributed by atoms with Gasteiger partial charge in [-0.1, -0.05) is 30.3 Å². The average molecular weight is 392 g/mol. The Hall–Kier alpha value is -3.81.